The molecular formula is C14H15NO3. The van der Waals surface area contributed by atoms with E-state index in [1.165, 1.54) is 0 Å². The molecule has 1 amide bonds. The van der Waals surface area contributed by atoms with E-state index >= 15 is 0 Å². The van der Waals surface area contributed by atoms with E-state index in [2.05, 4.69) is 5.32 Å². The van der Waals surface area contributed by atoms with Crippen LogP contribution in [-0.4, -0.2) is 24.5 Å². The predicted molar refractivity (Wildman–Crippen MR) is 66.4 cm³/mol. The van der Waals surface area contributed by atoms with Gasteiger partial charge in [0.05, 0.1) is 0 Å². The summed E-state index contributed by atoms with van der Waals surface area (Å²) in [6.07, 6.45) is 0.320. The zero-order chi connectivity index (χ0) is 13.3. The molecule has 0 radical (unpaired) electrons. The maximum absolute atomic E-state index is 11.9. The van der Waals surface area contributed by atoms with Crippen molar-refractivity contribution in [2.75, 3.05) is 7.05 Å². The van der Waals surface area contributed by atoms with Gasteiger partial charge in [0.15, 0.2) is 5.78 Å². The second-order valence-electron chi connectivity index (χ2n) is 4.61. The van der Waals surface area contributed by atoms with Crippen molar-refractivity contribution in [2.45, 2.75) is 19.3 Å². The molecule has 0 bridgehead atoms. The number of carbonyl (C=O) groups excluding carboxylic acids is 3. The lowest BCUT2D eigenvalue weighted by atomic mass is 9.94. The highest BCUT2D eigenvalue weighted by Crippen LogP contribution is 2.31. The predicted octanol–water partition coefficient (Wildman–Crippen LogP) is 1.31. The van der Waals surface area contributed by atoms with Gasteiger partial charge in [0.1, 0.15) is 11.7 Å². The molecule has 2 atom stereocenters. The lowest BCUT2D eigenvalue weighted by Gasteiger charge is -2.08. The van der Waals surface area contributed by atoms with Crippen LogP contribution < -0.4 is 5.32 Å². The van der Waals surface area contributed by atoms with Crippen molar-refractivity contribution in [3.05, 3.63) is 35.4 Å². The second kappa shape index (κ2) is 4.72. The standard InChI is InChI=1S/C14H15NO3/c1-8-7-11(16)12(13(8)17)9-3-5-10(6-4-9)14(18)15-2/h3-6,8,12H,7H2,1-2H3,(H,15,18). The highest BCUT2D eigenvalue weighted by Gasteiger charge is 2.39. The van der Waals surface area contributed by atoms with Crippen molar-refractivity contribution >= 4 is 17.5 Å². The Hall–Kier alpha value is -1.97. The number of carbonyl (C=O) groups is 3. The van der Waals surface area contributed by atoms with E-state index in [4.69, 9.17) is 0 Å². The Morgan fingerprint density at radius 2 is 1.83 bits per heavy atom. The molecule has 0 aliphatic heterocycles. The molecule has 1 aliphatic rings. The summed E-state index contributed by atoms with van der Waals surface area (Å²) < 4.78 is 0. The summed E-state index contributed by atoms with van der Waals surface area (Å²) >= 11 is 0. The molecule has 4 heteroatoms. The lowest BCUT2D eigenvalue weighted by Crippen LogP contribution is -2.18. The van der Waals surface area contributed by atoms with Gasteiger partial charge < -0.3 is 5.32 Å². The number of ketones is 2. The van der Waals surface area contributed by atoms with Crippen LogP contribution in [0.3, 0.4) is 0 Å². The van der Waals surface area contributed by atoms with Gasteiger partial charge in [0.2, 0.25) is 0 Å². The van der Waals surface area contributed by atoms with Crippen LogP contribution in [0.25, 0.3) is 0 Å². The van der Waals surface area contributed by atoms with Crippen LogP contribution in [0.1, 0.15) is 35.2 Å². The van der Waals surface area contributed by atoms with Gasteiger partial charge in [-0.05, 0) is 17.7 Å². The minimum absolute atomic E-state index is 0.0207. The van der Waals surface area contributed by atoms with E-state index < -0.39 is 5.92 Å². The Labute approximate surface area is 105 Å². The molecule has 1 aromatic rings. The summed E-state index contributed by atoms with van der Waals surface area (Å²) in [5.41, 5.74) is 1.20. The average molecular weight is 245 g/mol. The summed E-state index contributed by atoms with van der Waals surface area (Å²) in [4.78, 5) is 35.0. The fraction of sp³-hybridized carbons (Fsp3) is 0.357. The number of nitrogens with one attached hydrogen (secondary N) is 1. The van der Waals surface area contributed by atoms with Crippen LogP contribution in [0, 0.1) is 5.92 Å². The molecule has 2 unspecified atom stereocenters. The van der Waals surface area contributed by atoms with Gasteiger partial charge in [-0.15, -0.1) is 0 Å². The molecule has 2 rings (SSSR count). The van der Waals surface area contributed by atoms with Crippen molar-refractivity contribution in [1.29, 1.82) is 0 Å². The van der Waals surface area contributed by atoms with E-state index in [0.29, 0.717) is 17.5 Å². The van der Waals surface area contributed by atoms with Crippen molar-refractivity contribution in [2.24, 2.45) is 5.92 Å². The Kier molecular flexibility index (Phi) is 3.28. The maximum Gasteiger partial charge on any atom is 0.251 e. The average Bonchev–Trinajstić information content (AvgIpc) is 2.63. The van der Waals surface area contributed by atoms with Crippen molar-refractivity contribution in [3.63, 3.8) is 0 Å². The van der Waals surface area contributed by atoms with Crippen LogP contribution >= 0.6 is 0 Å². The maximum atomic E-state index is 11.9. The third kappa shape index (κ3) is 2.06. The number of hydrogen-bond donors (Lipinski definition) is 1. The fourth-order valence-electron chi connectivity index (χ4n) is 2.28. The molecular weight excluding hydrogens is 230 g/mol. The van der Waals surface area contributed by atoms with Crippen LogP contribution in [0.2, 0.25) is 0 Å². The number of rotatable bonds is 2. The molecule has 0 spiro atoms. The van der Waals surface area contributed by atoms with E-state index in [0.717, 1.165) is 0 Å². The topological polar surface area (TPSA) is 63.2 Å². The van der Waals surface area contributed by atoms with Crippen molar-refractivity contribution < 1.29 is 14.4 Å². The van der Waals surface area contributed by atoms with E-state index in [9.17, 15) is 14.4 Å². The molecule has 0 saturated heterocycles. The zero-order valence-corrected chi connectivity index (χ0v) is 10.4. The van der Waals surface area contributed by atoms with E-state index in [1.54, 1.807) is 38.2 Å². The third-order valence-electron chi connectivity index (χ3n) is 3.33. The van der Waals surface area contributed by atoms with Gasteiger partial charge in [-0.25, -0.2) is 0 Å². The van der Waals surface area contributed by atoms with Crippen LogP contribution in [0.15, 0.2) is 24.3 Å². The molecule has 18 heavy (non-hydrogen) atoms. The van der Waals surface area contributed by atoms with Crippen LogP contribution in [-0.2, 0) is 9.59 Å². The zero-order valence-electron chi connectivity index (χ0n) is 10.4. The normalized spacial score (nSPS) is 23.2. The summed E-state index contributed by atoms with van der Waals surface area (Å²) in [5, 5.41) is 2.52. The SMILES string of the molecule is CNC(=O)c1ccc(C2C(=O)CC(C)C2=O)cc1. The largest absolute Gasteiger partial charge is 0.355 e. The first-order valence-corrected chi connectivity index (χ1v) is 5.93. The number of benzene rings is 1. The first-order valence-electron chi connectivity index (χ1n) is 5.93. The Balaban J connectivity index is 2.27. The lowest BCUT2D eigenvalue weighted by molar-refractivity contribution is -0.124. The summed E-state index contributed by atoms with van der Waals surface area (Å²) in [5.74, 6) is -1.06. The summed E-state index contributed by atoms with van der Waals surface area (Å²) in [6.45, 7) is 1.78. The van der Waals surface area contributed by atoms with Crippen molar-refractivity contribution in [3.8, 4) is 0 Å². The number of Topliss-reactive ketones (excluding diaryl/α,β-unsaturated/α-hetero) is 2. The minimum Gasteiger partial charge on any atom is -0.355 e. The van der Waals surface area contributed by atoms with Crippen molar-refractivity contribution in [1.82, 2.24) is 5.32 Å². The molecule has 1 aromatic carbocycles. The van der Waals surface area contributed by atoms with Gasteiger partial charge in [-0.2, -0.15) is 0 Å². The fourth-order valence-corrected chi connectivity index (χ4v) is 2.28. The van der Waals surface area contributed by atoms with Gasteiger partial charge in [-0.3, -0.25) is 14.4 Å². The Morgan fingerprint density at radius 1 is 1.22 bits per heavy atom. The molecule has 94 valence electrons. The van der Waals surface area contributed by atoms with Crippen LogP contribution in [0.4, 0.5) is 0 Å². The summed E-state index contributed by atoms with van der Waals surface area (Å²) in [7, 11) is 1.56. The first-order chi connectivity index (χ1) is 8.54. The second-order valence-corrected chi connectivity index (χ2v) is 4.61. The quantitative estimate of drug-likeness (QED) is 0.799. The molecule has 1 fully saturated rings. The van der Waals surface area contributed by atoms with Gasteiger partial charge >= 0.3 is 0 Å². The van der Waals surface area contributed by atoms with Gasteiger partial charge in [0, 0.05) is 24.9 Å². The molecule has 1 saturated carbocycles. The highest BCUT2D eigenvalue weighted by atomic mass is 16.2. The first kappa shape index (κ1) is 12.5. The molecule has 4 nitrogen and oxygen atoms in total. The number of hydrogen-bond acceptors (Lipinski definition) is 3. The van der Waals surface area contributed by atoms with Gasteiger partial charge in [0.25, 0.3) is 5.91 Å². The van der Waals surface area contributed by atoms with E-state index in [-0.39, 0.29) is 23.4 Å². The highest BCUT2D eigenvalue weighted by molar-refractivity contribution is 6.14. The van der Waals surface area contributed by atoms with Crippen LogP contribution in [0.5, 0.6) is 0 Å². The molecule has 1 aliphatic carbocycles. The Morgan fingerprint density at radius 3 is 2.28 bits per heavy atom. The van der Waals surface area contributed by atoms with Gasteiger partial charge in [-0.1, -0.05) is 19.1 Å². The van der Waals surface area contributed by atoms with E-state index in [1.807, 2.05) is 0 Å². The molecule has 0 heterocycles. The Bertz CT molecular complexity index is 504. The molecule has 1 N–H and O–H groups in total. The third-order valence-corrected chi connectivity index (χ3v) is 3.33. The molecule has 0 aromatic heterocycles. The number of amides is 1. The smallest absolute Gasteiger partial charge is 0.251 e. The summed E-state index contributed by atoms with van der Waals surface area (Å²) in [6, 6.07) is 6.64. The monoisotopic (exact) mass is 245 g/mol. The minimum atomic E-state index is -0.640.